The molecule has 2 spiro atoms. The molecule has 1 N–H and O–H groups in total. The molecule has 31 heavy (non-hydrogen) atoms. The molecule has 2 saturated carbocycles. The van der Waals surface area contributed by atoms with Gasteiger partial charge in [0.15, 0.2) is 11.6 Å². The molecular weight excluding hydrogens is 428 g/mol. The molecule has 0 aromatic carbocycles. The van der Waals surface area contributed by atoms with Crippen LogP contribution < -0.4 is 0 Å². The van der Waals surface area contributed by atoms with E-state index in [0.717, 1.165) is 0 Å². The van der Waals surface area contributed by atoms with Crippen molar-refractivity contribution in [3.63, 3.8) is 0 Å². The van der Waals surface area contributed by atoms with Gasteiger partial charge in [0.25, 0.3) is 0 Å². The Kier molecular flexibility index (Phi) is 7.52. The minimum atomic E-state index is -2.85. The zero-order valence-corrected chi connectivity index (χ0v) is 17.5. The molecule has 4 aliphatic rings. The summed E-state index contributed by atoms with van der Waals surface area (Å²) >= 11 is 0. The van der Waals surface area contributed by atoms with E-state index in [1.807, 2.05) is 0 Å². The lowest BCUT2D eigenvalue weighted by atomic mass is 9.81. The maximum atomic E-state index is 13.4. The summed E-state index contributed by atoms with van der Waals surface area (Å²) in [5.74, 6) is -9.95. The monoisotopic (exact) mass is 458 g/mol. The van der Waals surface area contributed by atoms with Gasteiger partial charge < -0.3 is 28.8 Å². The Bertz CT molecular complexity index is 619. The van der Waals surface area contributed by atoms with Gasteiger partial charge in [-0.25, -0.2) is 17.6 Å². The van der Waals surface area contributed by atoms with Crippen molar-refractivity contribution in [1.82, 2.24) is 0 Å². The second kappa shape index (κ2) is 9.46. The minimum absolute atomic E-state index is 0.0312. The van der Waals surface area contributed by atoms with E-state index in [0.29, 0.717) is 26.4 Å². The van der Waals surface area contributed by atoms with Gasteiger partial charge in [0, 0.05) is 44.4 Å². The first-order valence-corrected chi connectivity index (χ1v) is 10.7. The van der Waals surface area contributed by atoms with E-state index in [4.69, 9.17) is 28.8 Å². The van der Waals surface area contributed by atoms with E-state index in [1.165, 1.54) is 0 Å². The smallest absolute Gasteiger partial charge is 0.314 e. The second-order valence-corrected chi connectivity index (χ2v) is 8.32. The van der Waals surface area contributed by atoms with Crippen LogP contribution in [0.2, 0.25) is 0 Å². The highest BCUT2D eigenvalue weighted by atomic mass is 19.3. The Morgan fingerprint density at radius 3 is 1.87 bits per heavy atom. The summed E-state index contributed by atoms with van der Waals surface area (Å²) < 4.78 is 79.2. The highest BCUT2D eigenvalue weighted by Gasteiger charge is 2.57. The van der Waals surface area contributed by atoms with E-state index in [9.17, 15) is 22.4 Å². The number of rotatable bonds is 3. The molecule has 2 aliphatic carbocycles. The number of esters is 1. The van der Waals surface area contributed by atoms with Crippen molar-refractivity contribution in [1.29, 1.82) is 0 Å². The molecule has 0 radical (unpaired) electrons. The summed E-state index contributed by atoms with van der Waals surface area (Å²) in [6, 6.07) is 0. The van der Waals surface area contributed by atoms with Crippen molar-refractivity contribution < 1.29 is 51.1 Å². The number of carbonyl (C=O) groups excluding carboxylic acids is 1. The molecule has 180 valence electrons. The van der Waals surface area contributed by atoms with Crippen molar-refractivity contribution in [2.45, 2.75) is 68.9 Å². The number of carbonyl (C=O) groups is 1. The van der Waals surface area contributed by atoms with E-state index >= 15 is 0 Å². The summed E-state index contributed by atoms with van der Waals surface area (Å²) in [6.45, 7) is 3.03. The van der Waals surface area contributed by atoms with Crippen LogP contribution in [-0.4, -0.2) is 74.1 Å². The van der Waals surface area contributed by atoms with Gasteiger partial charge in [-0.15, -0.1) is 0 Å². The normalized spacial score (nSPS) is 32.5. The first-order valence-electron chi connectivity index (χ1n) is 10.7. The van der Waals surface area contributed by atoms with Gasteiger partial charge in [-0.05, 0) is 6.92 Å². The maximum Gasteiger partial charge on any atom is 0.314 e. The van der Waals surface area contributed by atoms with E-state index < -0.39 is 47.6 Å². The van der Waals surface area contributed by atoms with Gasteiger partial charge in [0.05, 0.1) is 39.6 Å². The Hall–Kier alpha value is -1.01. The number of hydrogen-bond donors (Lipinski definition) is 1. The van der Waals surface area contributed by atoms with Crippen LogP contribution >= 0.6 is 0 Å². The molecular formula is C20H30F4O7. The highest BCUT2D eigenvalue weighted by molar-refractivity contribution is 5.74. The van der Waals surface area contributed by atoms with E-state index in [1.54, 1.807) is 6.92 Å². The van der Waals surface area contributed by atoms with E-state index in [-0.39, 0.29) is 45.3 Å². The molecule has 2 heterocycles. The standard InChI is InChI=1S/C11H16F2O4.C9H14F2O3/c1-2-15-9(14)8-7-10(12,13)3-4-11(8)16-5-6-17-11;10-8(11)1-2-9(7(5-8)6-12)13-3-4-14-9/h8H,2-7H2,1H3;7,12H,1-6H2. The van der Waals surface area contributed by atoms with Crippen LogP contribution in [0.15, 0.2) is 0 Å². The summed E-state index contributed by atoms with van der Waals surface area (Å²) in [5.41, 5.74) is 0. The molecule has 4 fully saturated rings. The molecule has 11 heteroatoms. The summed E-state index contributed by atoms with van der Waals surface area (Å²) in [4.78, 5) is 11.7. The number of ether oxygens (including phenoxy) is 5. The third-order valence-electron chi connectivity index (χ3n) is 6.22. The predicted molar refractivity (Wildman–Crippen MR) is 97.6 cm³/mol. The topological polar surface area (TPSA) is 83.5 Å². The lowest BCUT2D eigenvalue weighted by Crippen LogP contribution is -2.51. The van der Waals surface area contributed by atoms with Crippen molar-refractivity contribution in [2.24, 2.45) is 11.8 Å². The first-order chi connectivity index (χ1) is 14.6. The van der Waals surface area contributed by atoms with Gasteiger partial charge in [-0.2, -0.15) is 0 Å². The summed E-state index contributed by atoms with van der Waals surface area (Å²) in [6.07, 6.45) is -1.24. The third kappa shape index (κ3) is 5.50. The van der Waals surface area contributed by atoms with Crippen LogP contribution in [0.4, 0.5) is 17.6 Å². The number of alkyl halides is 4. The first kappa shape index (κ1) is 24.6. The molecule has 0 amide bonds. The quantitative estimate of drug-likeness (QED) is 0.514. The number of halogens is 4. The highest BCUT2D eigenvalue weighted by Crippen LogP contribution is 2.47. The fourth-order valence-electron chi connectivity index (χ4n) is 4.64. The molecule has 4 rings (SSSR count). The summed E-state index contributed by atoms with van der Waals surface area (Å²) in [7, 11) is 0. The van der Waals surface area contributed by atoms with Crippen molar-refractivity contribution >= 4 is 5.97 Å². The van der Waals surface area contributed by atoms with Crippen molar-refractivity contribution in [3.8, 4) is 0 Å². The molecule has 2 saturated heterocycles. The Balaban J connectivity index is 0.000000179. The van der Waals surface area contributed by atoms with Gasteiger partial charge in [0.2, 0.25) is 11.8 Å². The lowest BCUT2D eigenvalue weighted by Gasteiger charge is -2.41. The predicted octanol–water partition coefficient (Wildman–Crippen LogP) is 2.89. The van der Waals surface area contributed by atoms with Crippen molar-refractivity contribution in [3.05, 3.63) is 0 Å². The van der Waals surface area contributed by atoms with Crippen LogP contribution in [0.25, 0.3) is 0 Å². The molecule has 2 unspecified atom stereocenters. The number of aliphatic hydroxyl groups is 1. The average molecular weight is 458 g/mol. The third-order valence-corrected chi connectivity index (χ3v) is 6.22. The molecule has 2 atom stereocenters. The fraction of sp³-hybridized carbons (Fsp3) is 0.950. The number of aliphatic hydroxyl groups excluding tert-OH is 1. The molecule has 0 aromatic heterocycles. The lowest BCUT2D eigenvalue weighted by molar-refractivity contribution is -0.251. The van der Waals surface area contributed by atoms with Crippen LogP contribution in [-0.2, 0) is 28.5 Å². The van der Waals surface area contributed by atoms with Crippen LogP contribution in [0, 0.1) is 11.8 Å². The van der Waals surface area contributed by atoms with Crippen LogP contribution in [0.5, 0.6) is 0 Å². The Morgan fingerprint density at radius 1 is 0.871 bits per heavy atom. The summed E-state index contributed by atoms with van der Waals surface area (Å²) in [5, 5.41) is 9.06. The molecule has 0 aromatic rings. The minimum Gasteiger partial charge on any atom is -0.466 e. The zero-order chi connectivity index (χ0) is 22.8. The van der Waals surface area contributed by atoms with Crippen LogP contribution in [0.3, 0.4) is 0 Å². The fourth-order valence-corrected chi connectivity index (χ4v) is 4.64. The van der Waals surface area contributed by atoms with Crippen LogP contribution in [0.1, 0.15) is 45.4 Å². The SMILES string of the molecule is CCOC(=O)C1CC(F)(F)CCC12OCCO2.OCC1CC(F)(F)CCC12OCCO2. The Morgan fingerprint density at radius 2 is 1.35 bits per heavy atom. The molecule has 7 nitrogen and oxygen atoms in total. The average Bonchev–Trinajstić information content (AvgIpc) is 3.38. The van der Waals surface area contributed by atoms with Gasteiger partial charge in [0.1, 0.15) is 5.92 Å². The van der Waals surface area contributed by atoms with Gasteiger partial charge in [-0.3, -0.25) is 4.79 Å². The largest absolute Gasteiger partial charge is 0.466 e. The zero-order valence-electron chi connectivity index (χ0n) is 17.5. The van der Waals surface area contributed by atoms with E-state index in [2.05, 4.69) is 0 Å². The van der Waals surface area contributed by atoms with Gasteiger partial charge >= 0.3 is 5.97 Å². The number of hydrogen-bond acceptors (Lipinski definition) is 7. The maximum absolute atomic E-state index is 13.4. The molecule has 0 bridgehead atoms. The van der Waals surface area contributed by atoms with Gasteiger partial charge in [-0.1, -0.05) is 0 Å². The molecule has 2 aliphatic heterocycles. The second-order valence-electron chi connectivity index (χ2n) is 8.32. The Labute approximate surface area is 178 Å². The van der Waals surface area contributed by atoms with Crippen molar-refractivity contribution in [2.75, 3.05) is 39.6 Å².